The second-order valence-corrected chi connectivity index (χ2v) is 3.57. The van der Waals surface area contributed by atoms with Crippen molar-refractivity contribution in [2.75, 3.05) is 0 Å². The van der Waals surface area contributed by atoms with Crippen molar-refractivity contribution >= 4 is 10.9 Å². The zero-order valence-electron chi connectivity index (χ0n) is 8.62. The molecule has 0 amide bonds. The fraction of sp³-hybridized carbons (Fsp3) is 0.333. The fourth-order valence-electron chi connectivity index (χ4n) is 1.80. The molecule has 0 spiro atoms. The van der Waals surface area contributed by atoms with Crippen LogP contribution in [0.3, 0.4) is 0 Å². The summed E-state index contributed by atoms with van der Waals surface area (Å²) in [6.07, 6.45) is 5.79. The number of hydrogen-bond donors (Lipinski definition) is 0. The molecular formula is C12H14N2. The number of rotatable bonds is 2. The van der Waals surface area contributed by atoms with Gasteiger partial charge in [-0.1, -0.05) is 19.4 Å². The second-order valence-electron chi connectivity index (χ2n) is 3.57. The van der Waals surface area contributed by atoms with Gasteiger partial charge in [-0.2, -0.15) is 0 Å². The van der Waals surface area contributed by atoms with Crippen LogP contribution in [-0.2, 0) is 6.42 Å². The highest BCUT2D eigenvalue weighted by Gasteiger charge is 2.03. The van der Waals surface area contributed by atoms with Crippen molar-refractivity contribution in [3.05, 3.63) is 35.8 Å². The van der Waals surface area contributed by atoms with E-state index in [-0.39, 0.29) is 0 Å². The SMILES string of the molecule is CCCc1c(C)ccc2ncncc12. The maximum atomic E-state index is 4.25. The van der Waals surface area contributed by atoms with Gasteiger partial charge in [0.25, 0.3) is 0 Å². The van der Waals surface area contributed by atoms with E-state index in [1.54, 1.807) is 6.33 Å². The predicted octanol–water partition coefficient (Wildman–Crippen LogP) is 2.89. The average Bonchev–Trinajstić information content (AvgIpc) is 2.23. The molecule has 72 valence electrons. The summed E-state index contributed by atoms with van der Waals surface area (Å²) in [4.78, 5) is 8.34. The number of nitrogens with zero attached hydrogens (tertiary/aromatic N) is 2. The van der Waals surface area contributed by atoms with E-state index in [1.807, 2.05) is 6.20 Å². The van der Waals surface area contributed by atoms with Crippen LogP contribution in [0, 0.1) is 6.92 Å². The molecule has 1 aromatic heterocycles. The summed E-state index contributed by atoms with van der Waals surface area (Å²) in [5, 5.41) is 1.20. The zero-order chi connectivity index (χ0) is 9.97. The van der Waals surface area contributed by atoms with Gasteiger partial charge in [0.1, 0.15) is 6.33 Å². The first-order chi connectivity index (χ1) is 6.83. The number of benzene rings is 1. The first kappa shape index (κ1) is 9.13. The third kappa shape index (κ3) is 1.48. The van der Waals surface area contributed by atoms with Crippen LogP contribution in [0.5, 0.6) is 0 Å². The topological polar surface area (TPSA) is 25.8 Å². The molecule has 1 heterocycles. The molecule has 1 aromatic carbocycles. The molecule has 2 heteroatoms. The summed E-state index contributed by atoms with van der Waals surface area (Å²) in [6.45, 7) is 4.35. The van der Waals surface area contributed by atoms with Crippen LogP contribution < -0.4 is 0 Å². The van der Waals surface area contributed by atoms with Crippen molar-refractivity contribution in [1.82, 2.24) is 9.97 Å². The van der Waals surface area contributed by atoms with Crippen molar-refractivity contribution < 1.29 is 0 Å². The molecule has 0 N–H and O–H groups in total. The Bertz CT molecular complexity index is 449. The molecule has 0 atom stereocenters. The van der Waals surface area contributed by atoms with E-state index in [0.29, 0.717) is 0 Å². The maximum Gasteiger partial charge on any atom is 0.116 e. The molecule has 2 rings (SSSR count). The smallest absolute Gasteiger partial charge is 0.116 e. The van der Waals surface area contributed by atoms with Gasteiger partial charge < -0.3 is 0 Å². The van der Waals surface area contributed by atoms with E-state index < -0.39 is 0 Å². The summed E-state index contributed by atoms with van der Waals surface area (Å²) in [5.74, 6) is 0. The van der Waals surface area contributed by atoms with Gasteiger partial charge in [0.15, 0.2) is 0 Å². The van der Waals surface area contributed by atoms with Crippen molar-refractivity contribution in [1.29, 1.82) is 0 Å². The molecule has 0 saturated heterocycles. The Kier molecular flexibility index (Phi) is 2.44. The van der Waals surface area contributed by atoms with Crippen LogP contribution >= 0.6 is 0 Å². The minimum absolute atomic E-state index is 1.05. The van der Waals surface area contributed by atoms with Crippen molar-refractivity contribution in [2.45, 2.75) is 26.7 Å². The van der Waals surface area contributed by atoms with Crippen molar-refractivity contribution in [3.63, 3.8) is 0 Å². The molecular weight excluding hydrogens is 172 g/mol. The molecule has 0 fully saturated rings. The van der Waals surface area contributed by atoms with Crippen molar-refractivity contribution in [2.24, 2.45) is 0 Å². The minimum Gasteiger partial charge on any atom is -0.244 e. The van der Waals surface area contributed by atoms with Gasteiger partial charge in [-0.15, -0.1) is 0 Å². The molecule has 2 aromatic rings. The molecule has 0 radical (unpaired) electrons. The van der Waals surface area contributed by atoms with E-state index in [9.17, 15) is 0 Å². The highest BCUT2D eigenvalue weighted by atomic mass is 14.8. The Hall–Kier alpha value is -1.44. The van der Waals surface area contributed by atoms with E-state index in [2.05, 4.69) is 35.9 Å². The third-order valence-electron chi connectivity index (χ3n) is 2.54. The van der Waals surface area contributed by atoms with Gasteiger partial charge in [-0.05, 0) is 30.5 Å². The highest BCUT2D eigenvalue weighted by molar-refractivity contribution is 5.82. The first-order valence-corrected chi connectivity index (χ1v) is 5.01. The summed E-state index contributed by atoms with van der Waals surface area (Å²) in [6, 6.07) is 4.20. The van der Waals surface area contributed by atoms with E-state index >= 15 is 0 Å². The number of fused-ring (bicyclic) bond motifs is 1. The summed E-state index contributed by atoms with van der Waals surface area (Å²) >= 11 is 0. The van der Waals surface area contributed by atoms with Gasteiger partial charge in [-0.3, -0.25) is 0 Å². The van der Waals surface area contributed by atoms with Crippen LogP contribution in [0.4, 0.5) is 0 Å². The minimum atomic E-state index is 1.05. The van der Waals surface area contributed by atoms with Gasteiger partial charge >= 0.3 is 0 Å². The molecule has 0 aliphatic heterocycles. The predicted molar refractivity (Wildman–Crippen MR) is 58.3 cm³/mol. The van der Waals surface area contributed by atoms with E-state index in [0.717, 1.165) is 18.4 Å². The lowest BCUT2D eigenvalue weighted by molar-refractivity contribution is 0.919. The van der Waals surface area contributed by atoms with Crippen LogP contribution in [0.25, 0.3) is 10.9 Å². The lowest BCUT2D eigenvalue weighted by Gasteiger charge is -2.07. The van der Waals surface area contributed by atoms with Gasteiger partial charge in [0.2, 0.25) is 0 Å². The zero-order valence-corrected chi connectivity index (χ0v) is 8.62. The summed E-state index contributed by atoms with van der Waals surface area (Å²) in [5.41, 5.74) is 3.79. The maximum absolute atomic E-state index is 4.25. The molecule has 0 aliphatic rings. The number of hydrogen-bond acceptors (Lipinski definition) is 2. The molecule has 2 nitrogen and oxygen atoms in total. The number of aromatic nitrogens is 2. The highest BCUT2D eigenvalue weighted by Crippen LogP contribution is 2.20. The molecule has 0 unspecified atom stereocenters. The lowest BCUT2D eigenvalue weighted by Crippen LogP contribution is -1.92. The Balaban J connectivity index is 2.69. The Labute approximate surface area is 84.0 Å². The summed E-state index contributed by atoms with van der Waals surface area (Å²) in [7, 11) is 0. The quantitative estimate of drug-likeness (QED) is 0.720. The van der Waals surface area contributed by atoms with Crippen LogP contribution in [0.1, 0.15) is 24.5 Å². The van der Waals surface area contributed by atoms with Gasteiger partial charge in [-0.25, -0.2) is 9.97 Å². The fourth-order valence-corrected chi connectivity index (χ4v) is 1.80. The van der Waals surface area contributed by atoms with Gasteiger partial charge in [0, 0.05) is 11.6 Å². The second kappa shape index (κ2) is 3.74. The van der Waals surface area contributed by atoms with Gasteiger partial charge in [0.05, 0.1) is 5.52 Å². The van der Waals surface area contributed by atoms with Crippen LogP contribution in [0.15, 0.2) is 24.7 Å². The van der Waals surface area contributed by atoms with E-state index in [1.165, 1.54) is 16.5 Å². The molecule has 0 saturated carbocycles. The van der Waals surface area contributed by atoms with Crippen molar-refractivity contribution in [3.8, 4) is 0 Å². The van der Waals surface area contributed by atoms with E-state index in [4.69, 9.17) is 0 Å². The van der Waals surface area contributed by atoms with Crippen LogP contribution in [-0.4, -0.2) is 9.97 Å². The molecule has 0 bridgehead atoms. The molecule has 14 heavy (non-hydrogen) atoms. The average molecular weight is 186 g/mol. The Morgan fingerprint density at radius 1 is 1.29 bits per heavy atom. The normalized spacial score (nSPS) is 10.7. The standard InChI is InChI=1S/C12H14N2/c1-3-4-10-9(2)5-6-12-11(10)7-13-8-14-12/h5-8H,3-4H2,1-2H3. The Morgan fingerprint density at radius 2 is 2.14 bits per heavy atom. The summed E-state index contributed by atoms with van der Waals surface area (Å²) < 4.78 is 0. The largest absolute Gasteiger partial charge is 0.244 e. The molecule has 0 aliphatic carbocycles. The number of aryl methyl sites for hydroxylation is 2. The van der Waals surface area contributed by atoms with Crippen LogP contribution in [0.2, 0.25) is 0 Å². The third-order valence-corrected chi connectivity index (χ3v) is 2.54. The lowest BCUT2D eigenvalue weighted by atomic mass is 10.00. The first-order valence-electron chi connectivity index (χ1n) is 5.01. The Morgan fingerprint density at radius 3 is 2.93 bits per heavy atom. The monoisotopic (exact) mass is 186 g/mol.